The number of hydrogen-bond acceptors (Lipinski definition) is 4. The fraction of sp³-hybridized carbons (Fsp3) is 0.857. The molecular weight excluding hydrogens is 262 g/mol. The van der Waals surface area contributed by atoms with E-state index in [1.807, 2.05) is 13.8 Å². The topological polar surface area (TPSA) is 76.1 Å². The molecule has 0 aromatic carbocycles. The molecule has 2 saturated heterocycles. The van der Waals surface area contributed by atoms with Gasteiger partial charge in [0.25, 0.3) is 0 Å². The third kappa shape index (κ3) is 2.02. The van der Waals surface area contributed by atoms with Crippen LogP contribution in [0.2, 0.25) is 0 Å². The number of rotatable bonds is 2. The summed E-state index contributed by atoms with van der Waals surface area (Å²) in [5.74, 6) is -2.34. The lowest BCUT2D eigenvalue weighted by molar-refractivity contribution is -0.188. The van der Waals surface area contributed by atoms with Gasteiger partial charge in [-0.2, -0.15) is 0 Å². The average molecular weight is 283 g/mol. The van der Waals surface area contributed by atoms with E-state index in [-0.39, 0.29) is 11.8 Å². The van der Waals surface area contributed by atoms with Gasteiger partial charge in [-0.15, -0.1) is 0 Å². The first kappa shape index (κ1) is 13.8. The Morgan fingerprint density at radius 1 is 1.10 bits per heavy atom. The van der Waals surface area contributed by atoms with Gasteiger partial charge in [0.1, 0.15) is 0 Å². The molecule has 0 unspecified atom stereocenters. The number of aliphatic carboxylic acids is 1. The Hall–Kier alpha value is -1.14. The normalized spacial score (nSPS) is 34.2. The van der Waals surface area contributed by atoms with Gasteiger partial charge in [0.2, 0.25) is 5.91 Å². The van der Waals surface area contributed by atoms with Crippen LogP contribution in [0.4, 0.5) is 0 Å². The van der Waals surface area contributed by atoms with E-state index < -0.39 is 23.1 Å². The van der Waals surface area contributed by atoms with Gasteiger partial charge in [-0.25, -0.2) is 0 Å². The van der Waals surface area contributed by atoms with Crippen molar-refractivity contribution in [3.05, 3.63) is 0 Å². The molecule has 0 bridgehead atoms. The van der Waals surface area contributed by atoms with Crippen molar-refractivity contribution in [3.8, 4) is 0 Å². The smallest absolute Gasteiger partial charge is 0.307 e. The second-order valence-corrected chi connectivity index (χ2v) is 6.55. The van der Waals surface area contributed by atoms with Gasteiger partial charge in [0, 0.05) is 25.9 Å². The summed E-state index contributed by atoms with van der Waals surface area (Å²) in [6.07, 6.45) is 1.34. The molecule has 2 heterocycles. The number of likely N-dealkylation sites (tertiary alicyclic amines) is 1. The molecule has 1 saturated carbocycles. The number of ether oxygens (including phenoxy) is 2. The van der Waals surface area contributed by atoms with E-state index in [1.54, 1.807) is 4.90 Å². The van der Waals surface area contributed by atoms with Crippen molar-refractivity contribution >= 4 is 11.9 Å². The van der Waals surface area contributed by atoms with Crippen LogP contribution in [0.5, 0.6) is 0 Å². The minimum Gasteiger partial charge on any atom is -0.481 e. The Morgan fingerprint density at radius 3 is 2.10 bits per heavy atom. The van der Waals surface area contributed by atoms with Crippen LogP contribution in [0.3, 0.4) is 0 Å². The molecule has 0 aromatic heterocycles. The third-order valence-electron chi connectivity index (χ3n) is 5.01. The van der Waals surface area contributed by atoms with E-state index in [0.717, 1.165) is 0 Å². The third-order valence-corrected chi connectivity index (χ3v) is 5.01. The lowest BCUT2D eigenvalue weighted by Crippen LogP contribution is -2.48. The Kier molecular flexibility index (Phi) is 3.06. The van der Waals surface area contributed by atoms with E-state index in [0.29, 0.717) is 39.1 Å². The predicted octanol–water partition coefficient (Wildman–Crippen LogP) is 0.709. The average Bonchev–Trinajstić information content (AvgIpc) is 2.74. The van der Waals surface area contributed by atoms with E-state index in [9.17, 15) is 9.59 Å². The SMILES string of the molecule is CC1(C)[C@H](C(=O)O)[C@@H]1C(=O)N1CCC2(CC1)OCCO2. The van der Waals surface area contributed by atoms with Gasteiger partial charge < -0.3 is 19.5 Å². The summed E-state index contributed by atoms with van der Waals surface area (Å²) >= 11 is 0. The minimum absolute atomic E-state index is 0.0322. The van der Waals surface area contributed by atoms with Crippen molar-refractivity contribution in [1.82, 2.24) is 4.90 Å². The van der Waals surface area contributed by atoms with Crippen LogP contribution in [0.15, 0.2) is 0 Å². The summed E-state index contributed by atoms with van der Waals surface area (Å²) in [7, 11) is 0. The Morgan fingerprint density at radius 2 is 1.65 bits per heavy atom. The molecule has 1 spiro atoms. The standard InChI is InChI=1S/C14H21NO5/c1-13(2)9(10(13)12(17)18)11(16)15-5-3-14(4-6-15)19-7-8-20-14/h9-10H,3-8H2,1-2H3,(H,17,18)/t9-,10+/m1/s1. The Labute approximate surface area is 118 Å². The molecule has 3 aliphatic rings. The molecule has 0 radical (unpaired) electrons. The van der Waals surface area contributed by atoms with Gasteiger partial charge in [-0.1, -0.05) is 13.8 Å². The van der Waals surface area contributed by atoms with Crippen LogP contribution in [0.25, 0.3) is 0 Å². The number of carboxylic acid groups (broad SMARTS) is 1. The van der Waals surface area contributed by atoms with E-state index in [4.69, 9.17) is 14.6 Å². The number of piperidine rings is 1. The molecule has 1 N–H and O–H groups in total. The quantitative estimate of drug-likeness (QED) is 0.807. The molecule has 3 fully saturated rings. The monoisotopic (exact) mass is 283 g/mol. The summed E-state index contributed by atoms with van der Waals surface area (Å²) in [4.78, 5) is 25.4. The van der Waals surface area contributed by atoms with Crippen LogP contribution in [0.1, 0.15) is 26.7 Å². The fourth-order valence-corrected chi connectivity index (χ4v) is 3.61. The van der Waals surface area contributed by atoms with E-state index in [2.05, 4.69) is 0 Å². The lowest BCUT2D eigenvalue weighted by Gasteiger charge is -2.37. The predicted molar refractivity (Wildman–Crippen MR) is 68.8 cm³/mol. The van der Waals surface area contributed by atoms with Crippen LogP contribution in [0, 0.1) is 17.3 Å². The van der Waals surface area contributed by atoms with Crippen molar-refractivity contribution < 1.29 is 24.2 Å². The minimum atomic E-state index is -0.871. The van der Waals surface area contributed by atoms with Crippen molar-refractivity contribution in [2.24, 2.45) is 17.3 Å². The number of carbonyl (C=O) groups is 2. The van der Waals surface area contributed by atoms with Gasteiger partial charge >= 0.3 is 5.97 Å². The summed E-state index contributed by atoms with van der Waals surface area (Å²) in [5.41, 5.74) is -0.432. The van der Waals surface area contributed by atoms with Crippen LogP contribution >= 0.6 is 0 Å². The first-order valence-electron chi connectivity index (χ1n) is 7.17. The molecule has 2 aliphatic heterocycles. The second kappa shape index (κ2) is 4.43. The number of carboxylic acids is 1. The van der Waals surface area contributed by atoms with Gasteiger partial charge in [-0.3, -0.25) is 9.59 Å². The number of hydrogen-bond donors (Lipinski definition) is 1. The molecule has 6 nitrogen and oxygen atoms in total. The molecule has 0 aromatic rings. The van der Waals surface area contributed by atoms with Crippen molar-refractivity contribution in [2.75, 3.05) is 26.3 Å². The molecule has 6 heteroatoms. The van der Waals surface area contributed by atoms with Gasteiger partial charge in [-0.05, 0) is 5.41 Å². The number of carbonyl (C=O) groups excluding carboxylic acids is 1. The molecular formula is C14H21NO5. The zero-order valence-electron chi connectivity index (χ0n) is 11.9. The van der Waals surface area contributed by atoms with Crippen molar-refractivity contribution in [2.45, 2.75) is 32.5 Å². The highest BCUT2D eigenvalue weighted by atomic mass is 16.7. The van der Waals surface area contributed by atoms with Crippen molar-refractivity contribution in [3.63, 3.8) is 0 Å². The fourth-order valence-electron chi connectivity index (χ4n) is 3.61. The molecule has 112 valence electrons. The molecule has 1 amide bonds. The van der Waals surface area contributed by atoms with Crippen LogP contribution in [-0.4, -0.2) is 54.0 Å². The molecule has 2 atom stereocenters. The van der Waals surface area contributed by atoms with Crippen LogP contribution < -0.4 is 0 Å². The summed E-state index contributed by atoms with van der Waals surface area (Å²) in [6.45, 7) is 6.09. The summed E-state index contributed by atoms with van der Waals surface area (Å²) < 4.78 is 11.3. The summed E-state index contributed by atoms with van der Waals surface area (Å²) in [5, 5.41) is 9.16. The molecule has 1 aliphatic carbocycles. The largest absolute Gasteiger partial charge is 0.481 e. The first-order valence-corrected chi connectivity index (χ1v) is 7.17. The zero-order chi connectivity index (χ0) is 14.5. The Balaban J connectivity index is 1.61. The molecule has 20 heavy (non-hydrogen) atoms. The molecule has 3 rings (SSSR count). The maximum Gasteiger partial charge on any atom is 0.307 e. The van der Waals surface area contributed by atoms with Crippen molar-refractivity contribution in [1.29, 1.82) is 0 Å². The maximum atomic E-state index is 12.5. The first-order chi connectivity index (χ1) is 9.37. The number of nitrogens with zero attached hydrogens (tertiary/aromatic N) is 1. The van der Waals surface area contributed by atoms with Gasteiger partial charge in [0.05, 0.1) is 25.0 Å². The highest BCUT2D eigenvalue weighted by molar-refractivity contribution is 5.91. The lowest BCUT2D eigenvalue weighted by atomic mass is 10.0. The zero-order valence-corrected chi connectivity index (χ0v) is 11.9. The van der Waals surface area contributed by atoms with Crippen LogP contribution in [-0.2, 0) is 19.1 Å². The highest BCUT2D eigenvalue weighted by Gasteiger charge is 2.66. The maximum absolute atomic E-state index is 12.5. The highest BCUT2D eigenvalue weighted by Crippen LogP contribution is 2.59. The van der Waals surface area contributed by atoms with Gasteiger partial charge in [0.15, 0.2) is 5.79 Å². The number of amides is 1. The Bertz CT molecular complexity index is 431. The summed E-state index contributed by atoms with van der Waals surface area (Å²) in [6, 6.07) is 0. The van der Waals surface area contributed by atoms with E-state index in [1.165, 1.54) is 0 Å². The van der Waals surface area contributed by atoms with E-state index >= 15 is 0 Å². The second-order valence-electron chi connectivity index (χ2n) is 6.55.